The first-order valence-corrected chi connectivity index (χ1v) is 5.95. The summed E-state index contributed by atoms with van der Waals surface area (Å²) in [7, 11) is 0. The number of nitro groups is 1. The Balaban J connectivity index is 1.67. The van der Waals surface area contributed by atoms with Crippen LogP contribution in [0, 0.1) is 22.0 Å². The molecule has 17 heavy (non-hydrogen) atoms. The number of fused-ring (bicyclic) bond motifs is 2. The predicted molar refractivity (Wildman–Crippen MR) is 61.5 cm³/mol. The standard InChI is InChI=1S/C11H14N4O2/c16-15(17)9-5-12-11(13-6-9)14-10-4-7-1-2-8(10)3-7/h5-8,10H,1-4H2,(H,12,13,14). The maximum absolute atomic E-state index is 10.5. The minimum Gasteiger partial charge on any atom is -0.351 e. The van der Waals surface area contributed by atoms with Crippen LogP contribution in [0.15, 0.2) is 12.4 Å². The van der Waals surface area contributed by atoms with Crippen molar-refractivity contribution in [1.82, 2.24) is 9.97 Å². The molecule has 1 aromatic heterocycles. The summed E-state index contributed by atoms with van der Waals surface area (Å²) in [4.78, 5) is 17.9. The Morgan fingerprint density at radius 2 is 2.06 bits per heavy atom. The van der Waals surface area contributed by atoms with Crippen LogP contribution in [0.1, 0.15) is 25.7 Å². The average molecular weight is 234 g/mol. The van der Waals surface area contributed by atoms with Crippen molar-refractivity contribution in [3.05, 3.63) is 22.5 Å². The van der Waals surface area contributed by atoms with Crippen LogP contribution in [0.25, 0.3) is 0 Å². The summed E-state index contributed by atoms with van der Waals surface area (Å²) in [5, 5.41) is 13.8. The first-order valence-electron chi connectivity index (χ1n) is 5.95. The van der Waals surface area contributed by atoms with Crippen LogP contribution in [0.3, 0.4) is 0 Å². The molecule has 2 aliphatic rings. The van der Waals surface area contributed by atoms with Crippen LogP contribution in [-0.4, -0.2) is 20.9 Å². The highest BCUT2D eigenvalue weighted by atomic mass is 16.6. The van der Waals surface area contributed by atoms with Crippen molar-refractivity contribution >= 4 is 11.6 Å². The Kier molecular flexibility index (Phi) is 2.42. The van der Waals surface area contributed by atoms with Gasteiger partial charge in [0.25, 0.3) is 0 Å². The number of nitrogens with zero attached hydrogens (tertiary/aromatic N) is 3. The maximum Gasteiger partial charge on any atom is 0.305 e. The van der Waals surface area contributed by atoms with E-state index < -0.39 is 4.92 Å². The number of anilines is 1. The summed E-state index contributed by atoms with van der Waals surface area (Å²) in [6.07, 6.45) is 7.64. The number of hydrogen-bond donors (Lipinski definition) is 1. The molecule has 3 unspecified atom stereocenters. The van der Waals surface area contributed by atoms with Gasteiger partial charge in [0.05, 0.1) is 4.92 Å². The molecule has 1 N–H and O–H groups in total. The van der Waals surface area contributed by atoms with Gasteiger partial charge in [-0.15, -0.1) is 0 Å². The second kappa shape index (κ2) is 3.94. The van der Waals surface area contributed by atoms with Gasteiger partial charge in [-0.05, 0) is 31.1 Å². The lowest BCUT2D eigenvalue weighted by atomic mass is 9.95. The van der Waals surface area contributed by atoms with Crippen molar-refractivity contribution in [2.24, 2.45) is 11.8 Å². The molecule has 0 spiro atoms. The highest BCUT2D eigenvalue weighted by molar-refractivity contribution is 5.32. The van der Waals surface area contributed by atoms with Gasteiger partial charge in [-0.25, -0.2) is 9.97 Å². The topological polar surface area (TPSA) is 81.0 Å². The van der Waals surface area contributed by atoms with Gasteiger partial charge in [-0.3, -0.25) is 10.1 Å². The van der Waals surface area contributed by atoms with E-state index in [4.69, 9.17) is 0 Å². The first-order chi connectivity index (χ1) is 8.22. The second-order valence-electron chi connectivity index (χ2n) is 4.95. The minimum absolute atomic E-state index is 0.0662. The molecule has 2 saturated carbocycles. The number of hydrogen-bond acceptors (Lipinski definition) is 5. The van der Waals surface area contributed by atoms with Crippen molar-refractivity contribution in [3.8, 4) is 0 Å². The Labute approximate surface area is 98.6 Å². The van der Waals surface area contributed by atoms with Crippen LogP contribution in [0.4, 0.5) is 11.6 Å². The molecule has 6 heteroatoms. The summed E-state index contributed by atoms with van der Waals surface area (Å²) in [6.45, 7) is 0. The SMILES string of the molecule is O=[N+]([O-])c1cnc(NC2CC3CCC2C3)nc1. The Morgan fingerprint density at radius 3 is 2.59 bits per heavy atom. The third-order valence-corrected chi connectivity index (χ3v) is 3.90. The zero-order chi connectivity index (χ0) is 11.8. The number of nitrogens with one attached hydrogen (secondary N) is 1. The molecule has 2 bridgehead atoms. The minimum atomic E-state index is -0.485. The number of aromatic nitrogens is 2. The van der Waals surface area contributed by atoms with E-state index in [0.717, 1.165) is 11.8 Å². The molecule has 1 aromatic rings. The Hall–Kier alpha value is -1.72. The molecule has 0 aromatic carbocycles. The summed E-state index contributed by atoms with van der Waals surface area (Å²) < 4.78 is 0. The molecule has 2 fully saturated rings. The molecular formula is C11H14N4O2. The summed E-state index contributed by atoms with van der Waals surface area (Å²) in [6, 6.07) is 0.454. The lowest BCUT2D eigenvalue weighted by Gasteiger charge is -2.22. The largest absolute Gasteiger partial charge is 0.351 e. The molecule has 90 valence electrons. The van der Waals surface area contributed by atoms with E-state index >= 15 is 0 Å². The fourth-order valence-corrected chi connectivity index (χ4v) is 3.08. The lowest BCUT2D eigenvalue weighted by molar-refractivity contribution is -0.385. The maximum atomic E-state index is 10.5. The molecular weight excluding hydrogens is 220 g/mol. The smallest absolute Gasteiger partial charge is 0.305 e. The second-order valence-corrected chi connectivity index (χ2v) is 4.95. The third-order valence-electron chi connectivity index (χ3n) is 3.90. The van der Waals surface area contributed by atoms with Crippen LogP contribution in [0.2, 0.25) is 0 Å². The zero-order valence-electron chi connectivity index (χ0n) is 9.37. The lowest BCUT2D eigenvalue weighted by Crippen LogP contribution is -2.26. The van der Waals surface area contributed by atoms with Gasteiger partial charge in [0.15, 0.2) is 0 Å². The fraction of sp³-hybridized carbons (Fsp3) is 0.636. The van der Waals surface area contributed by atoms with Gasteiger partial charge in [0.1, 0.15) is 12.4 Å². The highest BCUT2D eigenvalue weighted by Gasteiger charge is 2.39. The summed E-state index contributed by atoms with van der Waals surface area (Å²) >= 11 is 0. The van der Waals surface area contributed by atoms with Crippen molar-refractivity contribution in [2.75, 3.05) is 5.32 Å². The van der Waals surface area contributed by atoms with E-state index in [9.17, 15) is 10.1 Å². The van der Waals surface area contributed by atoms with Gasteiger partial charge in [-0.1, -0.05) is 6.42 Å². The van der Waals surface area contributed by atoms with Crippen LogP contribution >= 0.6 is 0 Å². The average Bonchev–Trinajstić information content (AvgIpc) is 2.91. The molecule has 0 radical (unpaired) electrons. The van der Waals surface area contributed by atoms with E-state index in [2.05, 4.69) is 15.3 Å². The molecule has 3 atom stereocenters. The van der Waals surface area contributed by atoms with Crippen molar-refractivity contribution in [3.63, 3.8) is 0 Å². The van der Waals surface area contributed by atoms with E-state index in [1.54, 1.807) is 0 Å². The van der Waals surface area contributed by atoms with Crippen LogP contribution < -0.4 is 5.32 Å². The van der Waals surface area contributed by atoms with E-state index in [1.807, 2.05) is 0 Å². The summed E-state index contributed by atoms with van der Waals surface area (Å²) in [5.74, 6) is 2.10. The van der Waals surface area contributed by atoms with Gasteiger partial charge >= 0.3 is 5.69 Å². The predicted octanol–water partition coefficient (Wildman–Crippen LogP) is 1.99. The van der Waals surface area contributed by atoms with Gasteiger partial charge in [0, 0.05) is 6.04 Å². The molecule has 0 saturated heterocycles. The van der Waals surface area contributed by atoms with Gasteiger partial charge in [-0.2, -0.15) is 0 Å². The Morgan fingerprint density at radius 1 is 1.29 bits per heavy atom. The monoisotopic (exact) mass is 234 g/mol. The summed E-state index contributed by atoms with van der Waals surface area (Å²) in [5.41, 5.74) is -0.0662. The highest BCUT2D eigenvalue weighted by Crippen LogP contribution is 2.45. The molecule has 3 rings (SSSR count). The first kappa shape index (κ1) is 10.4. The Bertz CT molecular complexity index is 434. The quantitative estimate of drug-likeness (QED) is 0.638. The zero-order valence-corrected chi connectivity index (χ0v) is 9.37. The van der Waals surface area contributed by atoms with E-state index in [0.29, 0.717) is 12.0 Å². The number of rotatable bonds is 3. The molecule has 0 aliphatic heterocycles. The van der Waals surface area contributed by atoms with Crippen molar-refractivity contribution < 1.29 is 4.92 Å². The van der Waals surface area contributed by atoms with Gasteiger partial charge < -0.3 is 5.32 Å². The van der Waals surface area contributed by atoms with E-state index in [1.165, 1.54) is 38.1 Å². The molecule has 2 aliphatic carbocycles. The van der Waals surface area contributed by atoms with E-state index in [-0.39, 0.29) is 5.69 Å². The molecule has 0 amide bonds. The van der Waals surface area contributed by atoms with Crippen molar-refractivity contribution in [2.45, 2.75) is 31.7 Å². The van der Waals surface area contributed by atoms with Gasteiger partial charge in [0.2, 0.25) is 5.95 Å². The van der Waals surface area contributed by atoms with Crippen molar-refractivity contribution in [1.29, 1.82) is 0 Å². The normalized spacial score (nSPS) is 30.5. The molecule has 6 nitrogen and oxygen atoms in total. The van der Waals surface area contributed by atoms with Crippen LogP contribution in [0.5, 0.6) is 0 Å². The third kappa shape index (κ3) is 1.94. The fourth-order valence-electron chi connectivity index (χ4n) is 3.08. The van der Waals surface area contributed by atoms with Crippen LogP contribution in [-0.2, 0) is 0 Å². The molecule has 1 heterocycles.